The summed E-state index contributed by atoms with van der Waals surface area (Å²) in [5.74, 6) is 0.401. The molecule has 0 radical (unpaired) electrons. The number of halogens is 1. The number of benzene rings is 1. The molecular formula is C23H27ClN8O2S. The fourth-order valence-electron chi connectivity index (χ4n) is 3.84. The summed E-state index contributed by atoms with van der Waals surface area (Å²) in [6.07, 6.45) is 5.85. The van der Waals surface area contributed by atoms with Crippen molar-refractivity contribution >= 4 is 33.3 Å². The van der Waals surface area contributed by atoms with Crippen LogP contribution in [-0.4, -0.2) is 64.3 Å². The molecule has 3 heterocycles. The van der Waals surface area contributed by atoms with E-state index in [-0.39, 0.29) is 22.5 Å². The lowest BCUT2D eigenvalue weighted by Gasteiger charge is -2.31. The highest BCUT2D eigenvalue weighted by atomic mass is 35.5. The summed E-state index contributed by atoms with van der Waals surface area (Å²) in [5.41, 5.74) is 2.04. The first kappa shape index (κ1) is 20.2. The fraction of sp³-hybridized carbons (Fsp3) is 0.391. The van der Waals surface area contributed by atoms with Crippen LogP contribution in [0.4, 0.5) is 11.6 Å². The van der Waals surface area contributed by atoms with Gasteiger partial charge in [-0.15, -0.1) is 0 Å². The number of aromatic nitrogens is 4. The molecule has 10 nitrogen and oxygen atoms in total. The van der Waals surface area contributed by atoms with Crippen molar-refractivity contribution in [2.24, 2.45) is 0 Å². The van der Waals surface area contributed by atoms with Crippen molar-refractivity contribution in [2.75, 3.05) is 31.1 Å². The highest BCUT2D eigenvalue weighted by Crippen LogP contribution is 2.31. The van der Waals surface area contributed by atoms with Crippen molar-refractivity contribution < 1.29 is 13.9 Å². The van der Waals surface area contributed by atoms with Gasteiger partial charge in [0, 0.05) is 49.1 Å². The Morgan fingerprint density at radius 2 is 2.14 bits per heavy atom. The standard InChI is InChI=1S/C23H27ClN8O2S/c1-4-35(33,34)31-9-7-18(8-10-31)29-23-27-14-20(26-3)22(30-23)17-13-28-32(15-17)21-6-5-16(12-25-2)11-19(21)24/h5-6,11,13-15,18,25H,4,7-10,12H2,1-2H3,(H,27,29,30)/i2D3,12D. The van der Waals surface area contributed by atoms with Gasteiger partial charge in [0.25, 0.3) is 0 Å². The molecule has 0 bridgehead atoms. The number of hydrogen-bond acceptors (Lipinski definition) is 7. The second kappa shape index (κ2) is 10.7. The molecule has 1 saturated heterocycles. The first-order chi connectivity index (χ1) is 18.4. The maximum atomic E-state index is 12.1. The Balaban J connectivity index is 1.52. The van der Waals surface area contributed by atoms with Crippen molar-refractivity contribution in [1.29, 1.82) is 0 Å². The van der Waals surface area contributed by atoms with Crippen molar-refractivity contribution in [2.45, 2.75) is 32.3 Å². The van der Waals surface area contributed by atoms with Gasteiger partial charge in [0.15, 0.2) is 0 Å². The van der Waals surface area contributed by atoms with Crippen molar-refractivity contribution in [1.82, 2.24) is 29.4 Å². The lowest BCUT2D eigenvalue weighted by Crippen LogP contribution is -2.43. The highest BCUT2D eigenvalue weighted by molar-refractivity contribution is 7.89. The molecular weight excluding hydrogens is 488 g/mol. The summed E-state index contributed by atoms with van der Waals surface area (Å²) in [5, 5.41) is 10.1. The highest BCUT2D eigenvalue weighted by Gasteiger charge is 2.27. The van der Waals surface area contributed by atoms with Crippen LogP contribution in [-0.2, 0) is 16.5 Å². The molecule has 4 rings (SSSR count). The molecule has 0 amide bonds. The van der Waals surface area contributed by atoms with Crippen LogP contribution >= 0.6 is 11.6 Å². The number of sulfonamides is 1. The third-order valence-corrected chi connectivity index (χ3v) is 7.93. The van der Waals surface area contributed by atoms with Gasteiger partial charge >= 0.3 is 0 Å². The Morgan fingerprint density at radius 3 is 2.83 bits per heavy atom. The maximum Gasteiger partial charge on any atom is 0.231 e. The molecule has 12 heteroatoms. The molecule has 0 aliphatic carbocycles. The monoisotopic (exact) mass is 518 g/mol. The van der Waals surface area contributed by atoms with Crippen LogP contribution in [0.2, 0.25) is 5.02 Å². The zero-order chi connectivity index (χ0) is 28.4. The topological polar surface area (TPSA) is 109 Å². The number of piperidine rings is 1. The van der Waals surface area contributed by atoms with Gasteiger partial charge < -0.3 is 10.6 Å². The summed E-state index contributed by atoms with van der Waals surface area (Å²) in [7, 11) is -3.22. The van der Waals surface area contributed by atoms with Gasteiger partial charge in [-0.05, 0) is 44.4 Å². The Bertz CT molecular complexity index is 1480. The average Bonchev–Trinajstić information content (AvgIpc) is 3.38. The molecule has 0 saturated carbocycles. The second-order valence-electron chi connectivity index (χ2n) is 7.93. The Hall–Kier alpha value is -3.04. The zero-order valence-corrected chi connectivity index (χ0v) is 20.5. The van der Waals surface area contributed by atoms with Crippen LogP contribution in [0.15, 0.2) is 36.8 Å². The lowest BCUT2D eigenvalue weighted by atomic mass is 10.1. The lowest BCUT2D eigenvalue weighted by molar-refractivity contribution is 0.329. The van der Waals surface area contributed by atoms with Gasteiger partial charge in [0.2, 0.25) is 21.7 Å². The molecule has 1 aliphatic rings. The molecule has 1 unspecified atom stereocenters. The van der Waals surface area contributed by atoms with Crippen molar-refractivity contribution in [3.63, 3.8) is 0 Å². The van der Waals surface area contributed by atoms with Crippen LogP contribution in [0.25, 0.3) is 21.8 Å². The quantitative estimate of drug-likeness (QED) is 0.439. The average molecular weight is 519 g/mol. The first-order valence-corrected chi connectivity index (χ1v) is 12.9. The number of nitrogens with one attached hydrogen (secondary N) is 2. The fourth-order valence-corrected chi connectivity index (χ4v) is 5.25. The van der Waals surface area contributed by atoms with Crippen LogP contribution in [0.3, 0.4) is 0 Å². The third kappa shape index (κ3) is 5.62. The van der Waals surface area contributed by atoms with E-state index in [1.165, 1.54) is 21.3 Å². The molecule has 2 aromatic heterocycles. The Labute approximate surface area is 215 Å². The Morgan fingerprint density at radius 1 is 1.34 bits per heavy atom. The van der Waals surface area contributed by atoms with E-state index in [0.717, 1.165) is 0 Å². The zero-order valence-electron chi connectivity index (χ0n) is 22.9. The molecule has 1 aliphatic heterocycles. The van der Waals surface area contributed by atoms with E-state index in [9.17, 15) is 8.42 Å². The predicted octanol–water partition coefficient (Wildman–Crippen LogP) is 3.48. The largest absolute Gasteiger partial charge is 0.351 e. The van der Waals surface area contributed by atoms with E-state index in [4.69, 9.17) is 23.7 Å². The van der Waals surface area contributed by atoms with Gasteiger partial charge in [-0.2, -0.15) is 5.10 Å². The molecule has 35 heavy (non-hydrogen) atoms. The van der Waals surface area contributed by atoms with Gasteiger partial charge in [0.1, 0.15) is 0 Å². The van der Waals surface area contributed by atoms with E-state index >= 15 is 0 Å². The second-order valence-corrected chi connectivity index (χ2v) is 10.6. The maximum absolute atomic E-state index is 12.1. The molecule has 2 N–H and O–H groups in total. The molecule has 184 valence electrons. The summed E-state index contributed by atoms with van der Waals surface area (Å²) in [6.45, 7) is 6.35. The molecule has 3 aromatic rings. The number of nitrogens with zero attached hydrogens (tertiary/aromatic N) is 6. The number of hydrogen-bond donors (Lipinski definition) is 2. The molecule has 1 atom stereocenters. The summed E-state index contributed by atoms with van der Waals surface area (Å²) in [6, 6.07) is 4.71. The summed E-state index contributed by atoms with van der Waals surface area (Å²) in [4.78, 5) is 12.3. The van der Waals surface area contributed by atoms with Crippen LogP contribution in [0.5, 0.6) is 0 Å². The van der Waals surface area contributed by atoms with Crippen LogP contribution in [0, 0.1) is 6.57 Å². The first-order valence-electron chi connectivity index (χ1n) is 13.0. The molecule has 0 spiro atoms. The van der Waals surface area contributed by atoms with Gasteiger partial charge in [-0.25, -0.2) is 32.2 Å². The van der Waals surface area contributed by atoms with Crippen LogP contribution < -0.4 is 10.6 Å². The number of rotatable bonds is 8. The normalized spacial score (nSPS) is 18.1. The van der Waals surface area contributed by atoms with E-state index in [1.807, 2.05) is 0 Å². The third-order valence-electron chi connectivity index (χ3n) is 5.75. The SMILES string of the molecule is [2H]C(NC([2H])([2H])[2H])c1ccc(-n2cc(-c3nc(NC4CCN(S(=O)(=O)CC)CC4)ncc3[N+]#[C-])cn2)c(Cl)c1. The number of anilines is 1. The smallest absolute Gasteiger partial charge is 0.231 e. The van der Waals surface area contributed by atoms with Crippen LogP contribution in [0.1, 0.15) is 30.8 Å². The van der Waals surface area contributed by atoms with Gasteiger partial charge in [0.05, 0.1) is 34.9 Å². The minimum Gasteiger partial charge on any atom is -0.351 e. The van der Waals surface area contributed by atoms with Crippen molar-refractivity contribution in [3.05, 3.63) is 58.8 Å². The van der Waals surface area contributed by atoms with E-state index in [2.05, 4.69) is 30.5 Å². The Kier molecular flexibility index (Phi) is 6.17. The summed E-state index contributed by atoms with van der Waals surface area (Å²) < 4.78 is 57.1. The minimum atomic E-state index is -3.22. The van der Waals surface area contributed by atoms with Crippen molar-refractivity contribution in [3.8, 4) is 16.9 Å². The molecule has 1 fully saturated rings. The minimum absolute atomic E-state index is 0.0133. The predicted molar refractivity (Wildman–Crippen MR) is 136 cm³/mol. The van der Waals surface area contributed by atoms with E-state index < -0.39 is 23.5 Å². The molecule has 1 aromatic carbocycles. The van der Waals surface area contributed by atoms with E-state index in [0.29, 0.717) is 54.4 Å². The van der Waals surface area contributed by atoms with Gasteiger partial charge in [-0.3, -0.25) is 0 Å². The summed E-state index contributed by atoms with van der Waals surface area (Å²) >= 11 is 6.44. The van der Waals surface area contributed by atoms with E-state index in [1.54, 1.807) is 31.5 Å². The van der Waals surface area contributed by atoms with Gasteiger partial charge in [-0.1, -0.05) is 17.7 Å².